The molecule has 0 aliphatic heterocycles. The zero-order valence-corrected chi connectivity index (χ0v) is 11.8. The van der Waals surface area contributed by atoms with Gasteiger partial charge in [0.2, 0.25) is 0 Å². The maximum atomic E-state index is 9.16. The van der Waals surface area contributed by atoms with Crippen molar-refractivity contribution >= 4 is 45.7 Å². The molecule has 3 nitrogen and oxygen atoms in total. The lowest BCUT2D eigenvalue weighted by Gasteiger charge is -2.06. The average molecular weight is 304 g/mol. The van der Waals surface area contributed by atoms with E-state index in [2.05, 4.69) is 6.07 Å². The summed E-state index contributed by atoms with van der Waals surface area (Å²) in [5.74, 6) is 0. The Hall–Kier alpha value is -0.920. The molecule has 0 N–H and O–H groups in total. The number of methoxy groups -OCH3 is 1. The Kier molecular flexibility index (Phi) is 4.04. The number of rotatable bonds is 3. The van der Waals surface area contributed by atoms with Gasteiger partial charge in [0.15, 0.2) is 0 Å². The fraction of sp³-hybridized carbons (Fsp3) is 0.250. The zero-order valence-electron chi connectivity index (χ0n) is 9.51. The van der Waals surface area contributed by atoms with Crippen LogP contribution in [0.15, 0.2) is 12.1 Å². The summed E-state index contributed by atoms with van der Waals surface area (Å²) in [6.07, 6.45) is 0. The van der Waals surface area contributed by atoms with E-state index in [4.69, 9.17) is 44.8 Å². The molecule has 0 bridgehead atoms. The molecule has 1 aromatic carbocycles. The number of benzene rings is 1. The Morgan fingerprint density at radius 2 is 1.94 bits per heavy atom. The molecule has 1 aromatic heterocycles. The molecule has 0 aliphatic carbocycles. The highest BCUT2D eigenvalue weighted by Gasteiger charge is 2.17. The Morgan fingerprint density at radius 3 is 2.56 bits per heavy atom. The van der Waals surface area contributed by atoms with E-state index in [1.54, 1.807) is 23.8 Å². The summed E-state index contributed by atoms with van der Waals surface area (Å²) in [4.78, 5) is 0. The van der Waals surface area contributed by atoms with Crippen molar-refractivity contribution in [3.63, 3.8) is 0 Å². The van der Waals surface area contributed by atoms with Crippen molar-refractivity contribution in [2.24, 2.45) is 0 Å². The van der Waals surface area contributed by atoms with Gasteiger partial charge in [0.25, 0.3) is 0 Å². The first-order valence-electron chi connectivity index (χ1n) is 5.16. The molecule has 2 aromatic rings. The van der Waals surface area contributed by atoms with Gasteiger partial charge in [-0.3, -0.25) is 0 Å². The minimum Gasteiger partial charge on any atom is -0.383 e. The predicted molar refractivity (Wildman–Crippen MR) is 73.6 cm³/mol. The first-order valence-corrected chi connectivity index (χ1v) is 6.29. The first kappa shape index (κ1) is 13.5. The lowest BCUT2D eigenvalue weighted by atomic mass is 10.2. The Balaban J connectivity index is 2.73. The van der Waals surface area contributed by atoms with Gasteiger partial charge in [0, 0.05) is 19.0 Å². The lowest BCUT2D eigenvalue weighted by molar-refractivity contribution is 0.188. The monoisotopic (exact) mass is 302 g/mol. The molecule has 18 heavy (non-hydrogen) atoms. The summed E-state index contributed by atoms with van der Waals surface area (Å²) in [7, 11) is 1.61. The number of hydrogen-bond acceptors (Lipinski definition) is 2. The molecule has 0 spiro atoms. The van der Waals surface area contributed by atoms with Crippen LogP contribution in [-0.4, -0.2) is 18.3 Å². The molecule has 94 valence electrons. The predicted octanol–water partition coefficient (Wildman–Crippen LogP) is 4.12. The van der Waals surface area contributed by atoms with Gasteiger partial charge in [-0.25, -0.2) is 0 Å². The van der Waals surface area contributed by atoms with Crippen molar-refractivity contribution < 1.29 is 4.74 Å². The minimum absolute atomic E-state index is 0.378. The number of nitrogens with zero attached hydrogens (tertiary/aromatic N) is 2. The second kappa shape index (κ2) is 5.38. The third-order valence-corrected chi connectivity index (χ3v) is 3.79. The molecular formula is C12H9Cl3N2O. The normalized spacial score (nSPS) is 10.8. The Labute approximate surface area is 119 Å². The molecule has 0 fully saturated rings. The molecule has 0 aliphatic rings. The molecule has 0 atom stereocenters. The van der Waals surface area contributed by atoms with Crippen molar-refractivity contribution in [1.82, 2.24) is 4.57 Å². The van der Waals surface area contributed by atoms with Gasteiger partial charge in [0.1, 0.15) is 11.2 Å². The fourth-order valence-electron chi connectivity index (χ4n) is 1.82. The maximum absolute atomic E-state index is 9.16. The van der Waals surface area contributed by atoms with Gasteiger partial charge in [-0.15, -0.1) is 0 Å². The van der Waals surface area contributed by atoms with Crippen molar-refractivity contribution in [2.45, 2.75) is 6.54 Å². The highest BCUT2D eigenvalue weighted by atomic mass is 35.5. The maximum Gasteiger partial charge on any atom is 0.128 e. The highest BCUT2D eigenvalue weighted by Crippen LogP contribution is 2.35. The SMILES string of the molecule is COCCn1c(Cl)c(C#N)c2cc(Cl)c(Cl)cc21. The first-order chi connectivity index (χ1) is 8.60. The smallest absolute Gasteiger partial charge is 0.128 e. The van der Waals surface area contributed by atoms with Crippen LogP contribution in [0.2, 0.25) is 15.2 Å². The second-order valence-electron chi connectivity index (χ2n) is 3.71. The topological polar surface area (TPSA) is 38.0 Å². The molecular weight excluding hydrogens is 295 g/mol. The van der Waals surface area contributed by atoms with E-state index in [-0.39, 0.29) is 0 Å². The van der Waals surface area contributed by atoms with Gasteiger partial charge in [-0.2, -0.15) is 5.26 Å². The largest absolute Gasteiger partial charge is 0.383 e. The van der Waals surface area contributed by atoms with Gasteiger partial charge in [-0.1, -0.05) is 34.8 Å². The van der Waals surface area contributed by atoms with Gasteiger partial charge >= 0.3 is 0 Å². The number of nitriles is 1. The van der Waals surface area contributed by atoms with E-state index >= 15 is 0 Å². The van der Waals surface area contributed by atoms with E-state index in [0.717, 1.165) is 5.52 Å². The summed E-state index contributed by atoms with van der Waals surface area (Å²) in [5, 5.41) is 11.1. The van der Waals surface area contributed by atoms with Crippen molar-refractivity contribution in [3.05, 3.63) is 32.9 Å². The Morgan fingerprint density at radius 1 is 1.28 bits per heavy atom. The van der Waals surface area contributed by atoms with E-state index in [0.29, 0.717) is 39.3 Å². The molecule has 1 heterocycles. The van der Waals surface area contributed by atoms with Crippen LogP contribution in [0.1, 0.15) is 5.56 Å². The van der Waals surface area contributed by atoms with Crippen molar-refractivity contribution in [2.75, 3.05) is 13.7 Å². The third-order valence-electron chi connectivity index (χ3n) is 2.67. The molecule has 2 rings (SSSR count). The summed E-state index contributed by atoms with van der Waals surface area (Å²) in [6.45, 7) is 1.04. The quantitative estimate of drug-likeness (QED) is 0.855. The van der Waals surface area contributed by atoms with E-state index in [1.165, 1.54) is 0 Å². The van der Waals surface area contributed by atoms with Crippen LogP contribution >= 0.6 is 34.8 Å². The molecule has 6 heteroatoms. The number of ether oxygens (including phenoxy) is 1. The highest BCUT2D eigenvalue weighted by molar-refractivity contribution is 6.43. The number of halogens is 3. The number of hydrogen-bond donors (Lipinski definition) is 0. The van der Waals surface area contributed by atoms with Crippen LogP contribution in [-0.2, 0) is 11.3 Å². The van der Waals surface area contributed by atoms with Gasteiger partial charge in [-0.05, 0) is 12.1 Å². The van der Waals surface area contributed by atoms with Crippen molar-refractivity contribution in [3.8, 4) is 6.07 Å². The third kappa shape index (κ3) is 2.17. The van der Waals surface area contributed by atoms with Crippen molar-refractivity contribution in [1.29, 1.82) is 5.26 Å². The van der Waals surface area contributed by atoms with E-state index in [9.17, 15) is 0 Å². The van der Waals surface area contributed by atoms with E-state index in [1.807, 2.05) is 0 Å². The average Bonchev–Trinajstić information content (AvgIpc) is 2.59. The summed E-state index contributed by atoms with van der Waals surface area (Å²) < 4.78 is 6.82. The standard InChI is InChI=1S/C12H9Cl3N2O/c1-18-3-2-17-11-5-10(14)9(13)4-7(11)8(6-16)12(17)15/h4-5H,2-3H2,1H3. The van der Waals surface area contributed by atoms with E-state index < -0.39 is 0 Å². The second-order valence-corrected chi connectivity index (χ2v) is 4.88. The fourth-order valence-corrected chi connectivity index (χ4v) is 2.46. The van der Waals surface area contributed by atoms with Crippen LogP contribution in [0.4, 0.5) is 0 Å². The van der Waals surface area contributed by atoms with Crippen LogP contribution < -0.4 is 0 Å². The summed E-state index contributed by atoms with van der Waals surface area (Å²) in [5.41, 5.74) is 1.18. The van der Waals surface area contributed by atoms with Crippen LogP contribution in [0, 0.1) is 11.3 Å². The van der Waals surface area contributed by atoms with Gasteiger partial charge in [0.05, 0.1) is 27.7 Å². The lowest BCUT2D eigenvalue weighted by Crippen LogP contribution is -2.03. The number of aromatic nitrogens is 1. The molecule has 0 saturated carbocycles. The molecule has 0 saturated heterocycles. The molecule has 0 amide bonds. The zero-order chi connectivity index (χ0) is 13.3. The Bertz CT molecular complexity index is 643. The minimum atomic E-state index is 0.378. The van der Waals surface area contributed by atoms with Gasteiger partial charge < -0.3 is 9.30 Å². The summed E-state index contributed by atoms with van der Waals surface area (Å²) >= 11 is 18.2. The van der Waals surface area contributed by atoms with Crippen LogP contribution in [0.3, 0.4) is 0 Å². The molecule has 0 unspecified atom stereocenters. The molecule has 0 radical (unpaired) electrons. The number of fused-ring (bicyclic) bond motifs is 1. The van der Waals surface area contributed by atoms with Crippen LogP contribution in [0.25, 0.3) is 10.9 Å². The summed E-state index contributed by atoms with van der Waals surface area (Å²) in [6, 6.07) is 5.46. The van der Waals surface area contributed by atoms with Crippen LogP contribution in [0.5, 0.6) is 0 Å².